The van der Waals surface area contributed by atoms with E-state index in [9.17, 15) is 5.11 Å². The van der Waals surface area contributed by atoms with Gasteiger partial charge in [0.1, 0.15) is 0 Å². The van der Waals surface area contributed by atoms with Crippen molar-refractivity contribution in [3.63, 3.8) is 0 Å². The summed E-state index contributed by atoms with van der Waals surface area (Å²) < 4.78 is 1.13. The third kappa shape index (κ3) is 2.83. The fourth-order valence-electron chi connectivity index (χ4n) is 3.54. The van der Waals surface area contributed by atoms with Crippen LogP contribution in [0.5, 0.6) is 0 Å². The minimum atomic E-state index is -0.287. The predicted molar refractivity (Wildman–Crippen MR) is 82.1 cm³/mol. The summed E-state index contributed by atoms with van der Waals surface area (Å²) in [7, 11) is 0. The van der Waals surface area contributed by atoms with Gasteiger partial charge in [0.05, 0.1) is 9.89 Å². The normalized spacial score (nSPS) is 20.6. The molecular weight excluding hydrogens is 308 g/mol. The monoisotopic (exact) mass is 330 g/mol. The van der Waals surface area contributed by atoms with Crippen LogP contribution < -0.4 is 0 Å². The molecule has 1 aliphatic carbocycles. The first kappa shape index (κ1) is 14.5. The summed E-state index contributed by atoms with van der Waals surface area (Å²) >= 11 is 5.27. The molecule has 1 saturated carbocycles. The van der Waals surface area contributed by atoms with Crippen molar-refractivity contribution in [1.29, 1.82) is 0 Å². The molecule has 1 aromatic heterocycles. The lowest BCUT2D eigenvalue weighted by Crippen LogP contribution is -2.27. The fourth-order valence-corrected chi connectivity index (χ4v) is 5.28. The second kappa shape index (κ2) is 5.64. The maximum Gasteiger partial charge on any atom is 0.0857 e. The molecule has 2 rings (SSSR count). The topological polar surface area (TPSA) is 20.2 Å². The third-order valence-electron chi connectivity index (χ3n) is 4.21. The summed E-state index contributed by atoms with van der Waals surface area (Å²) in [6.07, 6.45) is 5.76. The van der Waals surface area contributed by atoms with Gasteiger partial charge in [0.2, 0.25) is 0 Å². The van der Waals surface area contributed by atoms with Crippen LogP contribution in [0.1, 0.15) is 62.5 Å². The molecule has 1 unspecified atom stereocenters. The van der Waals surface area contributed by atoms with Crippen molar-refractivity contribution in [3.05, 3.63) is 20.3 Å². The molecule has 1 fully saturated rings. The Morgan fingerprint density at radius 2 is 2.00 bits per heavy atom. The first-order valence-electron chi connectivity index (χ1n) is 6.88. The molecule has 1 aliphatic rings. The average Bonchev–Trinajstić information content (AvgIpc) is 2.84. The van der Waals surface area contributed by atoms with Crippen LogP contribution in [0.3, 0.4) is 0 Å². The molecule has 0 bridgehead atoms. The van der Waals surface area contributed by atoms with Gasteiger partial charge in [0.25, 0.3) is 0 Å². The number of aliphatic hydroxyl groups excluding tert-OH is 1. The zero-order valence-electron chi connectivity index (χ0n) is 11.5. The summed E-state index contributed by atoms with van der Waals surface area (Å²) in [6.45, 7) is 6.65. The Balaban J connectivity index is 2.28. The van der Waals surface area contributed by atoms with Crippen LogP contribution in [0.2, 0.25) is 0 Å². The van der Waals surface area contributed by atoms with E-state index in [2.05, 4.69) is 42.8 Å². The molecule has 0 aromatic carbocycles. The quantitative estimate of drug-likeness (QED) is 0.777. The van der Waals surface area contributed by atoms with Crippen molar-refractivity contribution in [1.82, 2.24) is 0 Å². The van der Waals surface area contributed by atoms with Crippen LogP contribution >= 0.6 is 27.3 Å². The van der Waals surface area contributed by atoms with Crippen LogP contribution in [-0.2, 0) is 0 Å². The van der Waals surface area contributed by atoms with E-state index in [-0.39, 0.29) is 11.5 Å². The number of hydrogen-bond acceptors (Lipinski definition) is 2. The second-order valence-electron chi connectivity index (χ2n) is 6.13. The molecule has 0 radical (unpaired) electrons. The largest absolute Gasteiger partial charge is 0.388 e. The van der Waals surface area contributed by atoms with Gasteiger partial charge < -0.3 is 5.11 Å². The lowest BCUT2D eigenvalue weighted by Gasteiger charge is -2.36. The summed E-state index contributed by atoms with van der Waals surface area (Å²) in [5, 5.41) is 10.9. The Morgan fingerprint density at radius 3 is 2.44 bits per heavy atom. The van der Waals surface area contributed by atoms with Crippen molar-refractivity contribution in [2.24, 2.45) is 11.3 Å². The minimum Gasteiger partial charge on any atom is -0.388 e. The van der Waals surface area contributed by atoms with E-state index in [0.717, 1.165) is 15.8 Å². The molecule has 1 heterocycles. The van der Waals surface area contributed by atoms with Gasteiger partial charge in [-0.15, -0.1) is 11.3 Å². The standard InChI is InChI=1S/C15H23BrOS/c1-10(2)9-15(6-4-5-7-15)14(17)12-8-13(16)18-11(12)3/h8,10,14,17H,4-7,9H2,1-3H3. The zero-order valence-corrected chi connectivity index (χ0v) is 13.9. The number of thiophene rings is 1. The van der Waals surface area contributed by atoms with E-state index in [0.29, 0.717) is 5.92 Å². The highest BCUT2D eigenvalue weighted by Gasteiger charge is 2.42. The van der Waals surface area contributed by atoms with E-state index in [1.165, 1.54) is 30.6 Å². The Labute approximate surface area is 123 Å². The maximum atomic E-state index is 10.9. The molecule has 3 heteroatoms. The van der Waals surface area contributed by atoms with Crippen molar-refractivity contribution in [2.45, 2.75) is 59.0 Å². The molecule has 1 nitrogen and oxygen atoms in total. The van der Waals surface area contributed by atoms with Gasteiger partial charge in [-0.2, -0.15) is 0 Å². The van der Waals surface area contributed by atoms with E-state index in [1.54, 1.807) is 11.3 Å². The van der Waals surface area contributed by atoms with Crippen molar-refractivity contribution >= 4 is 27.3 Å². The molecular formula is C15H23BrOS. The number of hydrogen-bond donors (Lipinski definition) is 1. The molecule has 18 heavy (non-hydrogen) atoms. The van der Waals surface area contributed by atoms with E-state index in [4.69, 9.17) is 0 Å². The highest BCUT2D eigenvalue weighted by Crippen LogP contribution is 2.53. The zero-order chi connectivity index (χ0) is 13.3. The fraction of sp³-hybridized carbons (Fsp3) is 0.733. The molecule has 102 valence electrons. The molecule has 0 amide bonds. The van der Waals surface area contributed by atoms with Gasteiger partial charge in [-0.1, -0.05) is 26.7 Å². The molecule has 1 N–H and O–H groups in total. The maximum absolute atomic E-state index is 10.9. The number of rotatable bonds is 4. The Kier molecular flexibility index (Phi) is 4.56. The van der Waals surface area contributed by atoms with Crippen molar-refractivity contribution < 1.29 is 5.11 Å². The summed E-state index contributed by atoms with van der Waals surface area (Å²) in [5.74, 6) is 0.653. The smallest absolute Gasteiger partial charge is 0.0857 e. The van der Waals surface area contributed by atoms with Crippen molar-refractivity contribution in [3.8, 4) is 0 Å². The van der Waals surface area contributed by atoms with Gasteiger partial charge >= 0.3 is 0 Å². The summed E-state index contributed by atoms with van der Waals surface area (Å²) in [5.41, 5.74) is 1.27. The Hall–Kier alpha value is 0.140. The highest BCUT2D eigenvalue weighted by molar-refractivity contribution is 9.11. The minimum absolute atomic E-state index is 0.124. The SMILES string of the molecule is Cc1sc(Br)cc1C(O)C1(CC(C)C)CCCC1. The summed E-state index contributed by atoms with van der Waals surface area (Å²) in [4.78, 5) is 1.25. The average molecular weight is 331 g/mol. The van der Waals surface area contributed by atoms with Crippen LogP contribution in [0, 0.1) is 18.3 Å². The van der Waals surface area contributed by atoms with Crippen LogP contribution in [0.25, 0.3) is 0 Å². The first-order valence-corrected chi connectivity index (χ1v) is 8.49. The first-order chi connectivity index (χ1) is 8.44. The van der Waals surface area contributed by atoms with Gasteiger partial charge in [0, 0.05) is 10.3 Å². The number of aryl methyl sites for hydroxylation is 1. The Bertz CT molecular complexity index is 405. The van der Waals surface area contributed by atoms with E-state index < -0.39 is 0 Å². The number of halogens is 1. The second-order valence-corrected chi connectivity index (χ2v) is 8.77. The summed E-state index contributed by atoms with van der Waals surface area (Å²) in [6, 6.07) is 2.12. The van der Waals surface area contributed by atoms with Gasteiger partial charge in [0.15, 0.2) is 0 Å². The highest BCUT2D eigenvalue weighted by atomic mass is 79.9. The lowest BCUT2D eigenvalue weighted by atomic mass is 9.72. The van der Waals surface area contributed by atoms with Crippen LogP contribution in [-0.4, -0.2) is 5.11 Å². The van der Waals surface area contributed by atoms with E-state index in [1.807, 2.05) is 0 Å². The predicted octanol–water partition coefficient (Wildman–Crippen LogP) is 5.46. The van der Waals surface area contributed by atoms with Gasteiger partial charge in [-0.05, 0) is 59.7 Å². The lowest BCUT2D eigenvalue weighted by molar-refractivity contribution is 0.0111. The van der Waals surface area contributed by atoms with Crippen LogP contribution in [0.4, 0.5) is 0 Å². The van der Waals surface area contributed by atoms with E-state index >= 15 is 0 Å². The Morgan fingerprint density at radius 1 is 1.39 bits per heavy atom. The third-order valence-corrected chi connectivity index (χ3v) is 5.78. The molecule has 1 aromatic rings. The molecule has 0 spiro atoms. The molecule has 0 saturated heterocycles. The van der Waals surface area contributed by atoms with Gasteiger partial charge in [-0.25, -0.2) is 0 Å². The van der Waals surface area contributed by atoms with Crippen molar-refractivity contribution in [2.75, 3.05) is 0 Å². The van der Waals surface area contributed by atoms with Crippen LogP contribution in [0.15, 0.2) is 9.85 Å². The molecule has 1 atom stereocenters. The number of aliphatic hydroxyl groups is 1. The van der Waals surface area contributed by atoms with Gasteiger partial charge in [-0.3, -0.25) is 0 Å². The molecule has 0 aliphatic heterocycles.